The molecular weight excluding hydrogens is 463 g/mol. The van der Waals surface area contributed by atoms with Crippen LogP contribution in [0.25, 0.3) is 0 Å². The van der Waals surface area contributed by atoms with E-state index in [9.17, 15) is 27.6 Å². The van der Waals surface area contributed by atoms with E-state index in [1.165, 1.54) is 6.92 Å². The summed E-state index contributed by atoms with van der Waals surface area (Å²) < 4.78 is 53.2. The van der Waals surface area contributed by atoms with Crippen molar-refractivity contribution < 1.29 is 37.0 Å². The number of unbranched alkanes of at least 4 members (excludes halogenated alkanes) is 1. The maximum absolute atomic E-state index is 14.4. The van der Waals surface area contributed by atoms with Crippen molar-refractivity contribution in [3.05, 3.63) is 16.0 Å². The molecule has 12 heteroatoms. The molecule has 0 radical (unpaired) electrons. The van der Waals surface area contributed by atoms with Gasteiger partial charge in [-0.2, -0.15) is 13.2 Å². The second-order valence-electron chi connectivity index (χ2n) is 7.66. The number of amides is 1. The van der Waals surface area contributed by atoms with Crippen molar-refractivity contribution in [2.75, 3.05) is 32.1 Å². The molecule has 8 nitrogen and oxygen atoms in total. The average molecular weight is 494 g/mol. The molecule has 1 aliphatic rings. The fraction of sp³-hybridized carbons (Fsp3) is 0.667. The minimum atomic E-state index is -5.27. The van der Waals surface area contributed by atoms with Crippen LogP contribution in [0.1, 0.15) is 60.8 Å². The molecule has 0 aromatic carbocycles. The number of nitrogens with zero attached hydrogens (tertiary/aromatic N) is 1. The Labute approximate surface area is 194 Å². The Bertz CT molecular complexity index is 874. The van der Waals surface area contributed by atoms with Crippen LogP contribution in [0, 0.1) is 0 Å². The maximum Gasteiger partial charge on any atom is 0.441 e. The van der Waals surface area contributed by atoms with E-state index < -0.39 is 29.7 Å². The number of halogens is 3. The smallest absolute Gasteiger partial charge is 0.441 e. The predicted molar refractivity (Wildman–Crippen MR) is 117 cm³/mol. The molecule has 1 amide bonds. The Morgan fingerprint density at radius 1 is 1.12 bits per heavy atom. The van der Waals surface area contributed by atoms with Gasteiger partial charge in [0.25, 0.3) is 0 Å². The van der Waals surface area contributed by atoms with Crippen LogP contribution in [0.15, 0.2) is 0 Å². The highest BCUT2D eigenvalue weighted by Crippen LogP contribution is 2.41. The molecule has 2 heterocycles. The molecule has 0 spiro atoms. The Balaban J connectivity index is 2.62. The highest BCUT2D eigenvalue weighted by Gasteiger charge is 2.64. The number of rotatable bonds is 10. The van der Waals surface area contributed by atoms with Gasteiger partial charge in [-0.25, -0.2) is 9.59 Å². The minimum Gasteiger partial charge on any atom is -0.463 e. The van der Waals surface area contributed by atoms with E-state index in [1.807, 2.05) is 17.3 Å². The third-order valence-corrected chi connectivity index (χ3v) is 6.25. The summed E-state index contributed by atoms with van der Waals surface area (Å²) in [5.74, 6) is -3.46. The molecule has 2 N–H and O–H groups in total. The number of carbonyl (C=O) groups is 3. The fourth-order valence-corrected chi connectivity index (χ4v) is 4.82. The first kappa shape index (κ1) is 26.9. The Hall–Kier alpha value is -2.34. The normalized spacial score (nSPS) is 15.8. The van der Waals surface area contributed by atoms with Crippen molar-refractivity contribution in [3.63, 3.8) is 0 Å². The number of hydrogen-bond acceptors (Lipinski definition) is 8. The molecule has 0 saturated carbocycles. The van der Waals surface area contributed by atoms with E-state index in [0.717, 1.165) is 11.3 Å². The molecule has 0 saturated heterocycles. The molecule has 186 valence electrons. The summed E-state index contributed by atoms with van der Waals surface area (Å²) >= 11 is 0.931. The molecule has 1 aromatic heterocycles. The van der Waals surface area contributed by atoms with Crippen molar-refractivity contribution in [3.8, 4) is 0 Å². The quantitative estimate of drug-likeness (QED) is 0.381. The lowest BCUT2D eigenvalue weighted by molar-refractivity contribution is -0.207. The summed E-state index contributed by atoms with van der Waals surface area (Å²) in [6.07, 6.45) is -4.12. The van der Waals surface area contributed by atoms with Gasteiger partial charge in [-0.3, -0.25) is 4.79 Å². The molecule has 1 atom stereocenters. The number of anilines is 1. The zero-order chi connectivity index (χ0) is 24.8. The minimum absolute atomic E-state index is 0.0266. The number of ether oxygens (including phenoxy) is 2. The number of nitrogens with one attached hydrogen (secondary N) is 2. The van der Waals surface area contributed by atoms with Crippen molar-refractivity contribution >= 4 is 34.2 Å². The standard InChI is InChI=1S/C21H30F3N3O5S/c1-5-8-9-15(28)25-20(21(22,23)24,19(30)32-7-3)26-17-16(18(29)31-6-2)13-10-11-27(4)12-14(13)33-17/h26H,5-12H2,1-4H3,(H,25,28). The number of alkyl halides is 3. The summed E-state index contributed by atoms with van der Waals surface area (Å²) in [5.41, 5.74) is -3.03. The molecule has 0 fully saturated rings. The van der Waals surface area contributed by atoms with Crippen molar-refractivity contribution in [1.29, 1.82) is 0 Å². The number of carbonyl (C=O) groups excluding carboxylic acids is 3. The lowest BCUT2D eigenvalue weighted by Gasteiger charge is -2.35. The Morgan fingerprint density at radius 3 is 2.36 bits per heavy atom. The molecule has 1 unspecified atom stereocenters. The van der Waals surface area contributed by atoms with Crippen LogP contribution in [-0.4, -0.2) is 61.4 Å². The van der Waals surface area contributed by atoms with Gasteiger partial charge in [0, 0.05) is 24.4 Å². The lowest BCUT2D eigenvalue weighted by atomic mass is 10.0. The number of fused-ring (bicyclic) bond motifs is 1. The van der Waals surface area contributed by atoms with Gasteiger partial charge in [0.15, 0.2) is 0 Å². The van der Waals surface area contributed by atoms with Crippen LogP contribution < -0.4 is 10.6 Å². The first-order chi connectivity index (χ1) is 15.5. The number of thiophene rings is 1. The Morgan fingerprint density at radius 2 is 1.79 bits per heavy atom. The first-order valence-electron chi connectivity index (χ1n) is 10.8. The van der Waals surface area contributed by atoms with Crippen LogP contribution in [0.2, 0.25) is 0 Å². The first-order valence-corrected chi connectivity index (χ1v) is 11.7. The van der Waals surface area contributed by atoms with Crippen molar-refractivity contribution in [2.24, 2.45) is 0 Å². The number of esters is 2. The maximum atomic E-state index is 14.4. The summed E-state index contributed by atoms with van der Waals surface area (Å²) in [5, 5.41) is 3.79. The summed E-state index contributed by atoms with van der Waals surface area (Å²) in [4.78, 5) is 40.4. The van der Waals surface area contributed by atoms with Gasteiger partial charge in [0.1, 0.15) is 5.00 Å². The van der Waals surface area contributed by atoms with E-state index in [2.05, 4.69) is 5.32 Å². The third-order valence-electron chi connectivity index (χ3n) is 5.12. The molecule has 0 aliphatic carbocycles. The predicted octanol–water partition coefficient (Wildman–Crippen LogP) is 3.45. The van der Waals surface area contributed by atoms with E-state index in [1.54, 1.807) is 13.8 Å². The molecular formula is C21H30F3N3O5S. The second kappa shape index (κ2) is 11.2. The van der Waals surface area contributed by atoms with Gasteiger partial charge < -0.3 is 25.0 Å². The largest absolute Gasteiger partial charge is 0.463 e. The second-order valence-corrected chi connectivity index (χ2v) is 8.77. The molecule has 1 aromatic rings. The fourth-order valence-electron chi connectivity index (χ4n) is 3.45. The topological polar surface area (TPSA) is 97.0 Å². The highest BCUT2D eigenvalue weighted by atomic mass is 32.1. The van der Waals surface area contributed by atoms with E-state index >= 15 is 0 Å². The van der Waals surface area contributed by atoms with Gasteiger partial charge >= 0.3 is 23.8 Å². The van der Waals surface area contributed by atoms with Gasteiger partial charge in [0.05, 0.1) is 18.8 Å². The van der Waals surface area contributed by atoms with Crippen molar-refractivity contribution in [2.45, 2.75) is 64.8 Å². The van der Waals surface area contributed by atoms with Crippen LogP contribution in [0.4, 0.5) is 18.2 Å². The van der Waals surface area contributed by atoms with Crippen LogP contribution in [-0.2, 0) is 32.0 Å². The van der Waals surface area contributed by atoms with Crippen LogP contribution in [0.3, 0.4) is 0 Å². The highest BCUT2D eigenvalue weighted by molar-refractivity contribution is 7.16. The SMILES string of the molecule is CCCCC(=O)NC(Nc1sc2c(c1C(=O)OCC)CCN(C)C2)(C(=O)OCC)C(F)(F)F. The zero-order valence-corrected chi connectivity index (χ0v) is 20.0. The van der Waals surface area contributed by atoms with Gasteiger partial charge in [0.2, 0.25) is 5.91 Å². The van der Waals surface area contributed by atoms with E-state index in [-0.39, 0.29) is 30.2 Å². The third kappa shape index (κ3) is 5.97. The summed E-state index contributed by atoms with van der Waals surface area (Å²) in [6, 6.07) is 0. The molecule has 0 bridgehead atoms. The van der Waals surface area contributed by atoms with Gasteiger partial charge in [-0.15, -0.1) is 11.3 Å². The molecule has 33 heavy (non-hydrogen) atoms. The number of likely N-dealkylation sites (N-methyl/N-ethyl adjacent to an activating group) is 1. The van der Waals surface area contributed by atoms with E-state index in [0.29, 0.717) is 42.8 Å². The monoisotopic (exact) mass is 493 g/mol. The average Bonchev–Trinajstić information content (AvgIpc) is 3.07. The van der Waals surface area contributed by atoms with Crippen LogP contribution in [0.5, 0.6) is 0 Å². The summed E-state index contributed by atoms with van der Waals surface area (Å²) in [7, 11) is 1.85. The molecule has 2 rings (SSSR count). The van der Waals surface area contributed by atoms with Crippen molar-refractivity contribution in [1.82, 2.24) is 10.2 Å². The van der Waals surface area contributed by atoms with Crippen LogP contribution >= 0.6 is 11.3 Å². The zero-order valence-electron chi connectivity index (χ0n) is 19.2. The number of hydrogen-bond donors (Lipinski definition) is 2. The van der Waals surface area contributed by atoms with Gasteiger partial charge in [-0.1, -0.05) is 13.3 Å². The Kier molecular flexibility index (Phi) is 9.12. The van der Waals surface area contributed by atoms with E-state index in [4.69, 9.17) is 9.47 Å². The summed E-state index contributed by atoms with van der Waals surface area (Å²) in [6.45, 7) is 5.46. The van der Waals surface area contributed by atoms with Gasteiger partial charge in [-0.05, 0) is 39.3 Å². The molecule has 1 aliphatic heterocycles. The lowest BCUT2D eigenvalue weighted by Crippen LogP contribution is -2.69.